The lowest BCUT2D eigenvalue weighted by atomic mass is 10.1. The molecule has 2 aromatic carbocycles. The zero-order chi connectivity index (χ0) is 17.9. The number of rotatable bonds is 5. The van der Waals surface area contributed by atoms with Gasteiger partial charge in [-0.2, -0.15) is 0 Å². The van der Waals surface area contributed by atoms with Gasteiger partial charge in [0, 0.05) is 22.8 Å². The molecule has 0 spiro atoms. The molecule has 0 saturated carbocycles. The Hall–Kier alpha value is -2.92. The Bertz CT molecular complexity index is 1050. The van der Waals surface area contributed by atoms with Crippen molar-refractivity contribution >= 4 is 28.2 Å². The second-order valence-electron chi connectivity index (χ2n) is 6.13. The Morgan fingerprint density at radius 3 is 2.69 bits per heavy atom. The molecule has 2 heterocycles. The number of nitrogens with one attached hydrogen (secondary N) is 1. The number of aromatic nitrogens is 1. The molecule has 0 aliphatic rings. The third-order valence-corrected chi connectivity index (χ3v) is 5.18. The van der Waals surface area contributed by atoms with Crippen LogP contribution in [0.15, 0.2) is 64.4 Å². The Morgan fingerprint density at radius 2 is 1.88 bits per heavy atom. The summed E-state index contributed by atoms with van der Waals surface area (Å²) in [6.45, 7) is 2.29. The average Bonchev–Trinajstić information content (AvgIpc) is 3.25. The molecule has 4 aromatic rings. The number of carbonyl (C=O) groups excluding carboxylic acids is 1. The number of fused-ring (bicyclic) bond motifs is 1. The van der Waals surface area contributed by atoms with Crippen LogP contribution in [-0.4, -0.2) is 10.9 Å². The topological polar surface area (TPSA) is 55.1 Å². The van der Waals surface area contributed by atoms with Crippen LogP contribution < -0.4 is 5.32 Å². The van der Waals surface area contributed by atoms with Gasteiger partial charge in [0.2, 0.25) is 0 Å². The van der Waals surface area contributed by atoms with Crippen molar-refractivity contribution in [2.45, 2.75) is 19.9 Å². The first-order valence-corrected chi connectivity index (χ1v) is 9.32. The summed E-state index contributed by atoms with van der Waals surface area (Å²) >= 11 is 1.61. The minimum absolute atomic E-state index is 0.212. The van der Waals surface area contributed by atoms with Crippen molar-refractivity contribution in [2.24, 2.45) is 0 Å². The van der Waals surface area contributed by atoms with Crippen LogP contribution in [0.25, 0.3) is 11.0 Å². The minimum Gasteiger partial charge on any atom is -0.451 e. The van der Waals surface area contributed by atoms with E-state index in [1.807, 2.05) is 54.8 Å². The fourth-order valence-corrected chi connectivity index (χ4v) is 3.75. The number of hydrogen-bond acceptors (Lipinski definition) is 4. The highest BCUT2D eigenvalue weighted by Crippen LogP contribution is 2.24. The molecule has 0 atom stereocenters. The highest BCUT2D eigenvalue weighted by molar-refractivity contribution is 7.09. The largest absolute Gasteiger partial charge is 0.451 e. The Balaban J connectivity index is 1.42. The summed E-state index contributed by atoms with van der Waals surface area (Å²) in [4.78, 5) is 17.1. The van der Waals surface area contributed by atoms with Gasteiger partial charge in [-0.1, -0.05) is 48.5 Å². The molecule has 0 aliphatic heterocycles. The van der Waals surface area contributed by atoms with Gasteiger partial charge in [0.05, 0.1) is 17.2 Å². The van der Waals surface area contributed by atoms with Gasteiger partial charge in [0.15, 0.2) is 5.76 Å². The lowest BCUT2D eigenvalue weighted by Crippen LogP contribution is -2.23. The Morgan fingerprint density at radius 1 is 1.12 bits per heavy atom. The molecule has 2 aromatic heterocycles. The maximum atomic E-state index is 12.5. The number of thiazole rings is 1. The zero-order valence-corrected chi connectivity index (χ0v) is 15.2. The summed E-state index contributed by atoms with van der Waals surface area (Å²) in [5.41, 5.74) is 3.69. The first-order valence-electron chi connectivity index (χ1n) is 8.44. The van der Waals surface area contributed by atoms with Crippen molar-refractivity contribution in [1.82, 2.24) is 10.3 Å². The van der Waals surface area contributed by atoms with Crippen molar-refractivity contribution in [1.29, 1.82) is 0 Å². The quantitative estimate of drug-likeness (QED) is 0.559. The van der Waals surface area contributed by atoms with Gasteiger partial charge in [0.25, 0.3) is 5.91 Å². The van der Waals surface area contributed by atoms with Gasteiger partial charge in [-0.05, 0) is 18.6 Å². The molecule has 0 radical (unpaired) electrons. The highest BCUT2D eigenvalue weighted by Gasteiger charge is 2.17. The number of amides is 1. The number of aryl methyl sites for hydroxylation is 1. The van der Waals surface area contributed by atoms with Gasteiger partial charge in [-0.15, -0.1) is 11.3 Å². The Kier molecular flexibility index (Phi) is 4.54. The third kappa shape index (κ3) is 3.39. The number of nitrogens with zero attached hydrogens (tertiary/aromatic N) is 1. The lowest BCUT2D eigenvalue weighted by molar-refractivity contribution is 0.0924. The molecule has 4 nitrogen and oxygen atoms in total. The molecule has 5 heteroatoms. The van der Waals surface area contributed by atoms with Crippen molar-refractivity contribution in [2.75, 3.05) is 0 Å². The van der Waals surface area contributed by atoms with Crippen LogP contribution in [0.1, 0.15) is 32.4 Å². The number of benzene rings is 2. The van der Waals surface area contributed by atoms with E-state index in [0.717, 1.165) is 33.7 Å². The van der Waals surface area contributed by atoms with Gasteiger partial charge < -0.3 is 9.73 Å². The van der Waals surface area contributed by atoms with Crippen LogP contribution in [0.5, 0.6) is 0 Å². The standard InChI is InChI=1S/C21H18N2O2S/c1-14-17-9-5-6-10-18(17)25-20(14)21(24)22-12-16-13-26-19(23-16)11-15-7-3-2-4-8-15/h2-10,13H,11-12H2,1H3,(H,22,24). The van der Waals surface area contributed by atoms with E-state index in [2.05, 4.69) is 22.4 Å². The summed E-state index contributed by atoms with van der Waals surface area (Å²) in [6.07, 6.45) is 0.808. The number of para-hydroxylation sites is 1. The van der Waals surface area contributed by atoms with E-state index < -0.39 is 0 Å². The van der Waals surface area contributed by atoms with Crippen molar-refractivity contribution in [3.63, 3.8) is 0 Å². The Labute approximate surface area is 155 Å². The van der Waals surface area contributed by atoms with E-state index in [0.29, 0.717) is 12.3 Å². The fourth-order valence-electron chi connectivity index (χ4n) is 2.92. The molecule has 0 bridgehead atoms. The SMILES string of the molecule is Cc1c(C(=O)NCc2csc(Cc3ccccc3)n2)oc2ccccc12. The summed E-state index contributed by atoms with van der Waals surface area (Å²) in [6, 6.07) is 17.9. The first kappa shape index (κ1) is 16.5. The molecule has 130 valence electrons. The summed E-state index contributed by atoms with van der Waals surface area (Å²) in [7, 11) is 0. The first-order chi connectivity index (χ1) is 12.7. The van der Waals surface area contributed by atoms with Gasteiger partial charge in [-0.3, -0.25) is 4.79 Å². The van der Waals surface area contributed by atoms with Gasteiger partial charge in [-0.25, -0.2) is 4.98 Å². The highest BCUT2D eigenvalue weighted by atomic mass is 32.1. The normalized spacial score (nSPS) is 11.0. The molecule has 1 amide bonds. The van der Waals surface area contributed by atoms with E-state index in [-0.39, 0.29) is 5.91 Å². The molecular formula is C21H18N2O2S. The molecular weight excluding hydrogens is 344 g/mol. The summed E-state index contributed by atoms with van der Waals surface area (Å²) in [5.74, 6) is 0.155. The van der Waals surface area contributed by atoms with Crippen molar-refractivity contribution < 1.29 is 9.21 Å². The summed E-state index contributed by atoms with van der Waals surface area (Å²) < 4.78 is 5.70. The predicted octanol–water partition coefficient (Wildman–Crippen LogP) is 4.72. The van der Waals surface area contributed by atoms with Gasteiger partial charge in [0.1, 0.15) is 5.58 Å². The summed E-state index contributed by atoms with van der Waals surface area (Å²) in [5, 5.41) is 6.91. The molecule has 1 N–H and O–H groups in total. The second kappa shape index (κ2) is 7.14. The zero-order valence-electron chi connectivity index (χ0n) is 14.4. The molecule has 0 unspecified atom stereocenters. The molecule has 0 fully saturated rings. The average molecular weight is 362 g/mol. The van der Waals surface area contributed by atoms with Crippen molar-refractivity contribution in [3.05, 3.63) is 87.6 Å². The van der Waals surface area contributed by atoms with Crippen LogP contribution in [0.4, 0.5) is 0 Å². The van der Waals surface area contributed by atoms with E-state index >= 15 is 0 Å². The van der Waals surface area contributed by atoms with E-state index in [1.165, 1.54) is 5.56 Å². The molecule has 0 saturated heterocycles. The smallest absolute Gasteiger partial charge is 0.287 e. The molecule has 0 aliphatic carbocycles. The van der Waals surface area contributed by atoms with E-state index in [4.69, 9.17) is 4.42 Å². The predicted molar refractivity (Wildman–Crippen MR) is 103 cm³/mol. The van der Waals surface area contributed by atoms with Crippen molar-refractivity contribution in [3.8, 4) is 0 Å². The number of hydrogen-bond donors (Lipinski definition) is 1. The lowest BCUT2D eigenvalue weighted by Gasteiger charge is -2.01. The van der Waals surface area contributed by atoms with Crippen LogP contribution >= 0.6 is 11.3 Å². The minimum atomic E-state index is -0.212. The van der Waals surface area contributed by atoms with Crippen LogP contribution in [0.3, 0.4) is 0 Å². The van der Waals surface area contributed by atoms with E-state index in [9.17, 15) is 4.79 Å². The van der Waals surface area contributed by atoms with Gasteiger partial charge >= 0.3 is 0 Å². The second-order valence-corrected chi connectivity index (χ2v) is 7.07. The van der Waals surface area contributed by atoms with E-state index in [1.54, 1.807) is 11.3 Å². The van der Waals surface area contributed by atoms with Crippen LogP contribution in [0, 0.1) is 6.92 Å². The maximum absolute atomic E-state index is 12.5. The molecule has 26 heavy (non-hydrogen) atoms. The monoisotopic (exact) mass is 362 g/mol. The maximum Gasteiger partial charge on any atom is 0.287 e. The third-order valence-electron chi connectivity index (χ3n) is 4.28. The molecule has 4 rings (SSSR count). The van der Waals surface area contributed by atoms with Crippen LogP contribution in [0.2, 0.25) is 0 Å². The fraction of sp³-hybridized carbons (Fsp3) is 0.143. The van der Waals surface area contributed by atoms with Crippen LogP contribution in [-0.2, 0) is 13.0 Å². The number of carbonyl (C=O) groups is 1. The number of furan rings is 1.